The van der Waals surface area contributed by atoms with Gasteiger partial charge in [-0.2, -0.15) is 5.10 Å². The first-order valence-corrected chi connectivity index (χ1v) is 9.63. The molecule has 0 aliphatic rings. The molecule has 0 spiro atoms. The highest BCUT2D eigenvalue weighted by atomic mass is 32.2. The van der Waals surface area contributed by atoms with Crippen molar-refractivity contribution in [1.82, 2.24) is 14.2 Å². The summed E-state index contributed by atoms with van der Waals surface area (Å²) in [7, 11) is -1.05. The topological polar surface area (TPSA) is 104 Å². The molecular formula is C17H20N4O5S. The molecular weight excluding hydrogens is 372 g/mol. The van der Waals surface area contributed by atoms with Crippen molar-refractivity contribution in [2.75, 3.05) is 18.9 Å². The molecule has 0 radical (unpaired) electrons. The van der Waals surface area contributed by atoms with Crippen LogP contribution in [-0.4, -0.2) is 36.8 Å². The summed E-state index contributed by atoms with van der Waals surface area (Å²) in [6.45, 7) is 3.89. The molecule has 10 heteroatoms. The van der Waals surface area contributed by atoms with Gasteiger partial charge >= 0.3 is 0 Å². The van der Waals surface area contributed by atoms with E-state index in [0.29, 0.717) is 23.9 Å². The van der Waals surface area contributed by atoms with Crippen molar-refractivity contribution in [2.45, 2.75) is 25.3 Å². The smallest absolute Gasteiger partial charge is 0.291 e. The van der Waals surface area contributed by atoms with Crippen molar-refractivity contribution in [3.8, 4) is 11.5 Å². The summed E-state index contributed by atoms with van der Waals surface area (Å²) in [5, 5.41) is 4.16. The number of methoxy groups -OCH3 is 2. The molecule has 0 atom stereocenters. The van der Waals surface area contributed by atoms with Crippen LogP contribution in [0.25, 0.3) is 5.52 Å². The number of aryl methyl sites for hydroxylation is 2. The highest BCUT2D eigenvalue weighted by molar-refractivity contribution is 7.92. The Bertz CT molecular complexity index is 1160. The van der Waals surface area contributed by atoms with Crippen LogP contribution in [0.15, 0.2) is 40.2 Å². The van der Waals surface area contributed by atoms with Crippen LogP contribution in [0.2, 0.25) is 0 Å². The monoisotopic (exact) mass is 392 g/mol. The van der Waals surface area contributed by atoms with Crippen molar-refractivity contribution < 1.29 is 17.9 Å². The predicted molar refractivity (Wildman–Crippen MR) is 100 cm³/mol. The number of benzene rings is 1. The zero-order valence-corrected chi connectivity index (χ0v) is 16.2. The fourth-order valence-corrected chi connectivity index (χ4v) is 3.81. The van der Waals surface area contributed by atoms with Gasteiger partial charge in [0, 0.05) is 18.8 Å². The molecule has 0 unspecified atom stereocenters. The molecule has 2 heterocycles. The van der Waals surface area contributed by atoms with E-state index in [4.69, 9.17) is 9.47 Å². The molecule has 1 N–H and O–H groups in total. The van der Waals surface area contributed by atoms with Gasteiger partial charge < -0.3 is 9.47 Å². The highest BCUT2D eigenvalue weighted by Crippen LogP contribution is 2.31. The summed E-state index contributed by atoms with van der Waals surface area (Å²) in [5.41, 5.74) is 0.110. The van der Waals surface area contributed by atoms with E-state index in [1.165, 1.54) is 41.6 Å². The molecule has 27 heavy (non-hydrogen) atoms. The van der Waals surface area contributed by atoms with Crippen LogP contribution < -0.4 is 19.8 Å². The summed E-state index contributed by atoms with van der Waals surface area (Å²) < 4.78 is 41.3. The van der Waals surface area contributed by atoms with Gasteiger partial charge in [0.25, 0.3) is 15.6 Å². The third-order valence-corrected chi connectivity index (χ3v) is 5.46. The third-order valence-electron chi connectivity index (χ3n) is 4.12. The average molecular weight is 392 g/mol. The number of ether oxygens (including phenoxy) is 2. The van der Waals surface area contributed by atoms with Crippen molar-refractivity contribution in [1.29, 1.82) is 0 Å². The van der Waals surface area contributed by atoms with Gasteiger partial charge in [0.05, 0.1) is 19.9 Å². The maximum atomic E-state index is 12.9. The minimum atomic E-state index is -3.97. The highest BCUT2D eigenvalue weighted by Gasteiger charge is 2.21. The molecule has 0 saturated carbocycles. The fraction of sp³-hybridized carbons (Fsp3) is 0.294. The Morgan fingerprint density at radius 1 is 1.19 bits per heavy atom. The maximum Gasteiger partial charge on any atom is 0.291 e. The molecule has 9 nitrogen and oxygen atoms in total. The van der Waals surface area contributed by atoms with E-state index < -0.39 is 10.0 Å². The van der Waals surface area contributed by atoms with Gasteiger partial charge in [0.15, 0.2) is 0 Å². The minimum Gasteiger partial charge on any atom is -0.497 e. The lowest BCUT2D eigenvalue weighted by molar-refractivity contribution is 0.405. The van der Waals surface area contributed by atoms with Gasteiger partial charge in [-0.15, -0.1) is 0 Å². The van der Waals surface area contributed by atoms with E-state index in [9.17, 15) is 13.2 Å². The van der Waals surface area contributed by atoms with E-state index in [1.807, 2.05) is 0 Å². The van der Waals surface area contributed by atoms with Gasteiger partial charge in [-0.1, -0.05) is 0 Å². The molecule has 0 fully saturated rings. The average Bonchev–Trinajstić information content (AvgIpc) is 3.11. The Morgan fingerprint density at radius 3 is 2.56 bits per heavy atom. The number of nitrogens with zero attached hydrogens (tertiary/aromatic N) is 3. The molecule has 0 bridgehead atoms. The number of anilines is 1. The van der Waals surface area contributed by atoms with E-state index in [2.05, 4.69) is 9.82 Å². The fourth-order valence-electron chi connectivity index (χ4n) is 2.73. The van der Waals surface area contributed by atoms with Crippen molar-refractivity contribution in [2.24, 2.45) is 0 Å². The first kappa shape index (κ1) is 18.8. The summed E-state index contributed by atoms with van der Waals surface area (Å²) >= 11 is 0. The van der Waals surface area contributed by atoms with Gasteiger partial charge in [-0.3, -0.25) is 13.9 Å². The van der Waals surface area contributed by atoms with E-state index in [-0.39, 0.29) is 21.7 Å². The number of sulfonamides is 1. The van der Waals surface area contributed by atoms with Gasteiger partial charge in [-0.25, -0.2) is 13.1 Å². The molecule has 3 aromatic rings. The largest absolute Gasteiger partial charge is 0.497 e. The predicted octanol–water partition coefficient (Wildman–Crippen LogP) is 1.64. The summed E-state index contributed by atoms with van der Waals surface area (Å²) in [4.78, 5) is 12.4. The number of hydrogen-bond donors (Lipinski definition) is 1. The normalized spacial score (nSPS) is 11.6. The number of hydrogen-bond acceptors (Lipinski definition) is 6. The summed E-state index contributed by atoms with van der Waals surface area (Å²) in [6.07, 6.45) is 1.37. The van der Waals surface area contributed by atoms with Crippen LogP contribution in [-0.2, 0) is 16.6 Å². The molecule has 0 aliphatic heterocycles. The number of rotatable bonds is 6. The van der Waals surface area contributed by atoms with Crippen LogP contribution in [0.5, 0.6) is 11.5 Å². The Hall–Kier alpha value is -3.01. The van der Waals surface area contributed by atoms with Crippen LogP contribution in [0.3, 0.4) is 0 Å². The molecule has 0 amide bonds. The molecule has 1 aromatic carbocycles. The minimum absolute atomic E-state index is 0.0526. The second-order valence-electron chi connectivity index (χ2n) is 5.77. The summed E-state index contributed by atoms with van der Waals surface area (Å²) in [6, 6.07) is 6.10. The number of aromatic nitrogens is 3. The van der Waals surface area contributed by atoms with Crippen molar-refractivity contribution in [3.63, 3.8) is 0 Å². The van der Waals surface area contributed by atoms with Gasteiger partial charge in [0.1, 0.15) is 27.7 Å². The quantitative estimate of drug-likeness (QED) is 0.684. The molecule has 3 rings (SSSR count). The van der Waals surface area contributed by atoms with E-state index >= 15 is 0 Å². The lowest BCUT2D eigenvalue weighted by atomic mass is 10.3. The molecule has 0 saturated heterocycles. The first-order chi connectivity index (χ1) is 12.8. The number of nitrogens with one attached hydrogen (secondary N) is 1. The maximum absolute atomic E-state index is 12.9. The third kappa shape index (κ3) is 3.35. The Morgan fingerprint density at radius 2 is 1.93 bits per heavy atom. The SMILES string of the molecule is CCn1nc(C)n2cc(S(=O)(=O)Nc3cc(OC)ccc3OC)cc2c1=O. The van der Waals surface area contributed by atoms with Crippen LogP contribution in [0.4, 0.5) is 5.69 Å². The van der Waals surface area contributed by atoms with Crippen molar-refractivity contribution >= 4 is 21.2 Å². The van der Waals surface area contributed by atoms with E-state index in [1.54, 1.807) is 26.0 Å². The molecule has 0 aliphatic carbocycles. The van der Waals surface area contributed by atoms with Gasteiger partial charge in [0.2, 0.25) is 0 Å². The Kier molecular flexibility index (Phi) is 4.83. The summed E-state index contributed by atoms with van der Waals surface area (Å²) in [5.74, 6) is 1.32. The first-order valence-electron chi connectivity index (χ1n) is 8.15. The lowest BCUT2D eigenvalue weighted by Gasteiger charge is -2.12. The number of fused-ring (bicyclic) bond motifs is 1. The second-order valence-corrected chi connectivity index (χ2v) is 7.45. The zero-order chi connectivity index (χ0) is 19.8. The van der Waals surface area contributed by atoms with Crippen LogP contribution >= 0.6 is 0 Å². The standard InChI is InChI=1S/C17H20N4O5S/c1-5-21-17(22)15-9-13(10-20(15)11(2)18-21)27(23,24)19-14-8-12(25-3)6-7-16(14)26-4/h6-10,19H,5H2,1-4H3. The molecule has 144 valence electrons. The lowest BCUT2D eigenvalue weighted by Crippen LogP contribution is -2.25. The Labute approximate surface area is 156 Å². The van der Waals surface area contributed by atoms with Crippen LogP contribution in [0, 0.1) is 6.92 Å². The second kappa shape index (κ2) is 6.95. The van der Waals surface area contributed by atoms with Crippen molar-refractivity contribution in [3.05, 3.63) is 46.6 Å². The van der Waals surface area contributed by atoms with Crippen LogP contribution in [0.1, 0.15) is 12.7 Å². The molecule has 2 aromatic heterocycles. The van der Waals surface area contributed by atoms with Gasteiger partial charge in [-0.05, 0) is 32.0 Å². The zero-order valence-electron chi connectivity index (χ0n) is 15.4. The van der Waals surface area contributed by atoms with E-state index in [0.717, 1.165) is 0 Å². The Balaban J connectivity index is 2.10.